The van der Waals surface area contributed by atoms with Crippen LogP contribution in [0.5, 0.6) is 0 Å². The van der Waals surface area contributed by atoms with Crippen molar-refractivity contribution in [2.24, 2.45) is 4.99 Å². The first kappa shape index (κ1) is 19.2. The quantitative estimate of drug-likeness (QED) is 0.443. The molecule has 1 amide bonds. The second-order valence-corrected chi connectivity index (χ2v) is 5.36. The van der Waals surface area contributed by atoms with Crippen LogP contribution in [-0.2, 0) is 11.3 Å². The van der Waals surface area contributed by atoms with E-state index < -0.39 is 0 Å². The molecular weight excluding hydrogens is 387 g/mol. The summed E-state index contributed by atoms with van der Waals surface area (Å²) in [6.07, 6.45) is 0. The summed E-state index contributed by atoms with van der Waals surface area (Å²) in [5, 5.41) is 8.44. The fourth-order valence-corrected chi connectivity index (χ4v) is 2.22. The Hall–Kier alpha value is -0.830. The van der Waals surface area contributed by atoms with E-state index in [4.69, 9.17) is 0 Å². The highest BCUT2D eigenvalue weighted by molar-refractivity contribution is 14.0. The van der Waals surface area contributed by atoms with Crippen molar-refractivity contribution in [2.75, 3.05) is 27.2 Å². The minimum atomic E-state index is -0.00972. The van der Waals surface area contributed by atoms with E-state index in [-0.39, 0.29) is 36.4 Å². The van der Waals surface area contributed by atoms with Crippen LogP contribution < -0.4 is 10.6 Å². The number of nitrogens with one attached hydrogen (secondary N) is 2. The van der Waals surface area contributed by atoms with E-state index in [1.165, 1.54) is 15.3 Å². The maximum atomic E-state index is 11.5. The number of hydrogen-bond donors (Lipinski definition) is 2. The number of halogens is 1. The zero-order valence-electron chi connectivity index (χ0n) is 12.4. The van der Waals surface area contributed by atoms with Gasteiger partial charge in [0.25, 0.3) is 0 Å². The van der Waals surface area contributed by atoms with Gasteiger partial charge < -0.3 is 15.5 Å². The molecular formula is C13H23IN4OS. The summed E-state index contributed by atoms with van der Waals surface area (Å²) in [6.45, 7) is 5.75. The van der Waals surface area contributed by atoms with Gasteiger partial charge in [0.2, 0.25) is 5.91 Å². The highest BCUT2D eigenvalue weighted by atomic mass is 127. The van der Waals surface area contributed by atoms with Gasteiger partial charge in [-0.1, -0.05) is 0 Å². The zero-order chi connectivity index (χ0) is 14.3. The van der Waals surface area contributed by atoms with E-state index in [0.29, 0.717) is 5.96 Å². The highest BCUT2D eigenvalue weighted by Gasteiger charge is 2.05. The van der Waals surface area contributed by atoms with Gasteiger partial charge in [0, 0.05) is 25.5 Å². The van der Waals surface area contributed by atoms with Gasteiger partial charge in [-0.05, 0) is 30.9 Å². The Bertz CT molecular complexity index is 445. The molecule has 1 aromatic heterocycles. The number of guanidine groups is 1. The number of likely N-dealkylation sites (N-methyl/N-ethyl adjacent to an activating group) is 1. The topological polar surface area (TPSA) is 56.7 Å². The summed E-state index contributed by atoms with van der Waals surface area (Å²) < 4.78 is 0. The molecule has 0 aliphatic rings. The Morgan fingerprint density at radius 3 is 2.60 bits per heavy atom. The lowest BCUT2D eigenvalue weighted by atomic mass is 10.3. The summed E-state index contributed by atoms with van der Waals surface area (Å²) in [5.41, 5.74) is 1.28. The molecule has 114 valence electrons. The van der Waals surface area contributed by atoms with Crippen LogP contribution in [0.3, 0.4) is 0 Å². The van der Waals surface area contributed by atoms with Crippen LogP contribution in [0.15, 0.2) is 16.4 Å². The Morgan fingerprint density at radius 1 is 1.40 bits per heavy atom. The van der Waals surface area contributed by atoms with Gasteiger partial charge in [-0.25, -0.2) is 4.99 Å². The summed E-state index contributed by atoms with van der Waals surface area (Å²) in [5.74, 6) is 0.662. The molecule has 2 N–H and O–H groups in total. The molecule has 0 saturated heterocycles. The third kappa shape index (κ3) is 6.56. The predicted molar refractivity (Wildman–Crippen MR) is 96.0 cm³/mol. The number of hydrogen-bond acceptors (Lipinski definition) is 3. The second kappa shape index (κ2) is 9.98. The lowest BCUT2D eigenvalue weighted by Gasteiger charge is -2.12. The van der Waals surface area contributed by atoms with Crippen LogP contribution in [0.25, 0.3) is 0 Å². The van der Waals surface area contributed by atoms with Crippen LogP contribution in [0.2, 0.25) is 0 Å². The van der Waals surface area contributed by atoms with Gasteiger partial charge >= 0.3 is 0 Å². The fourth-order valence-electron chi connectivity index (χ4n) is 1.38. The van der Waals surface area contributed by atoms with Crippen molar-refractivity contribution >= 4 is 47.2 Å². The van der Waals surface area contributed by atoms with Crippen LogP contribution in [0, 0.1) is 6.92 Å². The Morgan fingerprint density at radius 2 is 2.10 bits per heavy atom. The molecule has 0 aliphatic carbocycles. The van der Waals surface area contributed by atoms with E-state index in [1.54, 1.807) is 25.4 Å². The molecule has 0 radical (unpaired) electrons. The Balaban J connectivity index is 0.00000361. The molecule has 20 heavy (non-hydrogen) atoms. The van der Waals surface area contributed by atoms with Crippen molar-refractivity contribution in [3.63, 3.8) is 0 Å². The summed E-state index contributed by atoms with van der Waals surface area (Å²) in [4.78, 5) is 18.6. The molecule has 0 aliphatic heterocycles. The molecule has 0 unspecified atom stereocenters. The SMILES string of the molecule is CCNC(=NCC(=O)N(C)C)NCc1sccc1C.I. The van der Waals surface area contributed by atoms with Crippen LogP contribution in [-0.4, -0.2) is 44.0 Å². The third-order valence-corrected chi connectivity index (χ3v) is 3.62. The van der Waals surface area contributed by atoms with E-state index in [1.807, 2.05) is 6.92 Å². The van der Waals surface area contributed by atoms with Gasteiger partial charge in [-0.3, -0.25) is 4.79 Å². The van der Waals surface area contributed by atoms with Gasteiger partial charge in [0.05, 0.1) is 6.54 Å². The molecule has 1 rings (SSSR count). The minimum Gasteiger partial charge on any atom is -0.357 e. The van der Waals surface area contributed by atoms with Gasteiger partial charge in [-0.15, -0.1) is 35.3 Å². The van der Waals surface area contributed by atoms with E-state index in [0.717, 1.165) is 13.1 Å². The number of nitrogens with zero attached hydrogens (tertiary/aromatic N) is 2. The molecule has 7 heteroatoms. The van der Waals surface area contributed by atoms with Crippen molar-refractivity contribution in [1.82, 2.24) is 15.5 Å². The van der Waals surface area contributed by atoms with Gasteiger partial charge in [0.1, 0.15) is 6.54 Å². The zero-order valence-corrected chi connectivity index (χ0v) is 15.5. The van der Waals surface area contributed by atoms with Gasteiger partial charge in [0.15, 0.2) is 5.96 Å². The second-order valence-electron chi connectivity index (χ2n) is 4.36. The first-order chi connectivity index (χ1) is 9.04. The molecule has 0 fully saturated rings. The number of amides is 1. The van der Waals surface area contributed by atoms with Crippen molar-refractivity contribution in [1.29, 1.82) is 0 Å². The smallest absolute Gasteiger partial charge is 0.243 e. The van der Waals surface area contributed by atoms with E-state index in [2.05, 4.69) is 34.0 Å². The van der Waals surface area contributed by atoms with Crippen LogP contribution in [0.4, 0.5) is 0 Å². The Kier molecular flexibility index (Phi) is 9.56. The molecule has 0 bridgehead atoms. The van der Waals surface area contributed by atoms with Crippen LogP contribution >= 0.6 is 35.3 Å². The predicted octanol–water partition coefficient (Wildman–Crippen LogP) is 1.82. The largest absolute Gasteiger partial charge is 0.357 e. The normalized spacial score (nSPS) is 10.7. The number of carbonyl (C=O) groups excluding carboxylic acids is 1. The average Bonchev–Trinajstić information content (AvgIpc) is 2.78. The van der Waals surface area contributed by atoms with Crippen molar-refractivity contribution < 1.29 is 4.79 Å². The lowest BCUT2D eigenvalue weighted by molar-refractivity contribution is -0.127. The standard InChI is InChI=1S/C13H22N4OS.HI/c1-5-14-13(16-9-12(18)17(3)4)15-8-11-10(2)6-7-19-11;/h6-7H,5,8-9H2,1-4H3,(H2,14,15,16);1H. The maximum absolute atomic E-state index is 11.5. The number of aliphatic imine (C=N–C) groups is 1. The maximum Gasteiger partial charge on any atom is 0.243 e. The van der Waals surface area contributed by atoms with Crippen LogP contribution in [0.1, 0.15) is 17.4 Å². The van der Waals surface area contributed by atoms with Gasteiger partial charge in [-0.2, -0.15) is 0 Å². The summed E-state index contributed by atoms with van der Waals surface area (Å²) in [7, 11) is 3.46. The van der Waals surface area contributed by atoms with Crippen molar-refractivity contribution in [2.45, 2.75) is 20.4 Å². The minimum absolute atomic E-state index is 0. The Labute approximate surface area is 141 Å². The molecule has 1 aromatic rings. The monoisotopic (exact) mass is 410 g/mol. The first-order valence-corrected chi connectivity index (χ1v) is 7.17. The van der Waals surface area contributed by atoms with E-state index in [9.17, 15) is 4.79 Å². The van der Waals surface area contributed by atoms with E-state index >= 15 is 0 Å². The highest BCUT2D eigenvalue weighted by Crippen LogP contribution is 2.14. The number of thiophene rings is 1. The molecule has 5 nitrogen and oxygen atoms in total. The summed E-state index contributed by atoms with van der Waals surface area (Å²) in [6, 6.07) is 2.10. The molecule has 0 spiro atoms. The number of rotatable bonds is 5. The first-order valence-electron chi connectivity index (χ1n) is 6.30. The number of aryl methyl sites for hydroxylation is 1. The molecule has 0 atom stereocenters. The molecule has 1 heterocycles. The van der Waals surface area contributed by atoms with Crippen molar-refractivity contribution in [3.05, 3.63) is 21.9 Å². The molecule has 0 saturated carbocycles. The fraction of sp³-hybridized carbons (Fsp3) is 0.538. The molecule has 0 aromatic carbocycles. The third-order valence-electron chi connectivity index (χ3n) is 2.60. The van der Waals surface area contributed by atoms with Crippen molar-refractivity contribution in [3.8, 4) is 0 Å². The summed E-state index contributed by atoms with van der Waals surface area (Å²) >= 11 is 1.72. The number of carbonyl (C=O) groups is 1. The lowest BCUT2D eigenvalue weighted by Crippen LogP contribution is -2.38. The average molecular weight is 410 g/mol.